The van der Waals surface area contributed by atoms with Crippen LogP contribution < -0.4 is 5.32 Å². The van der Waals surface area contributed by atoms with E-state index in [0.29, 0.717) is 27.2 Å². The first-order valence-corrected chi connectivity index (χ1v) is 11.7. The van der Waals surface area contributed by atoms with Crippen molar-refractivity contribution in [3.8, 4) is 0 Å². The number of aromatic nitrogens is 2. The largest absolute Gasteiger partial charge is 0.321 e. The molecule has 3 aromatic carbocycles. The van der Waals surface area contributed by atoms with Crippen LogP contribution in [0.3, 0.4) is 0 Å². The zero-order valence-electron chi connectivity index (χ0n) is 17.3. The molecular formula is C25H20FN3OS2. The summed E-state index contributed by atoms with van der Waals surface area (Å²) in [4.78, 5) is 23.8. The molecule has 0 bridgehead atoms. The molecule has 160 valence electrons. The molecule has 4 aromatic rings. The summed E-state index contributed by atoms with van der Waals surface area (Å²) >= 11 is 2.84. The van der Waals surface area contributed by atoms with Gasteiger partial charge in [0.25, 0.3) is 5.91 Å². The highest BCUT2D eigenvalue weighted by Crippen LogP contribution is 2.31. The number of carbonyl (C=O) groups is 1. The third-order valence-corrected chi connectivity index (χ3v) is 6.47. The van der Waals surface area contributed by atoms with Crippen molar-refractivity contribution in [2.24, 2.45) is 0 Å². The summed E-state index contributed by atoms with van der Waals surface area (Å²) in [5.41, 5.74) is 3.09. The normalized spacial score (nSPS) is 10.7. The van der Waals surface area contributed by atoms with Gasteiger partial charge in [-0.1, -0.05) is 71.6 Å². The van der Waals surface area contributed by atoms with E-state index >= 15 is 0 Å². The van der Waals surface area contributed by atoms with E-state index in [1.807, 2.05) is 61.5 Å². The number of hydrogen-bond donors (Lipinski definition) is 1. The second-order valence-electron chi connectivity index (χ2n) is 7.02. The number of amides is 1. The molecule has 0 fully saturated rings. The third-order valence-electron chi connectivity index (χ3n) is 4.51. The van der Waals surface area contributed by atoms with Crippen LogP contribution in [0.25, 0.3) is 0 Å². The van der Waals surface area contributed by atoms with E-state index in [-0.39, 0.29) is 11.7 Å². The first kappa shape index (κ1) is 22.0. The van der Waals surface area contributed by atoms with Gasteiger partial charge in [0.1, 0.15) is 11.5 Å². The number of hydrogen-bond acceptors (Lipinski definition) is 5. The fourth-order valence-electron chi connectivity index (χ4n) is 2.83. The van der Waals surface area contributed by atoms with Gasteiger partial charge < -0.3 is 5.32 Å². The highest BCUT2D eigenvalue weighted by Gasteiger charge is 2.17. The maximum absolute atomic E-state index is 13.1. The minimum Gasteiger partial charge on any atom is -0.321 e. The van der Waals surface area contributed by atoms with Gasteiger partial charge in [-0.15, -0.1) is 0 Å². The van der Waals surface area contributed by atoms with E-state index in [1.54, 1.807) is 18.3 Å². The van der Waals surface area contributed by atoms with Crippen LogP contribution in [0, 0.1) is 12.7 Å². The van der Waals surface area contributed by atoms with Crippen molar-refractivity contribution in [2.75, 3.05) is 5.32 Å². The van der Waals surface area contributed by atoms with E-state index in [4.69, 9.17) is 0 Å². The monoisotopic (exact) mass is 461 g/mol. The summed E-state index contributed by atoms with van der Waals surface area (Å²) in [5, 5.41) is 3.41. The van der Waals surface area contributed by atoms with Crippen molar-refractivity contribution in [1.82, 2.24) is 9.97 Å². The summed E-state index contributed by atoms with van der Waals surface area (Å²) < 4.78 is 13.1. The molecule has 0 spiro atoms. The van der Waals surface area contributed by atoms with Gasteiger partial charge in [-0.3, -0.25) is 4.79 Å². The Kier molecular flexibility index (Phi) is 7.19. The SMILES string of the molecule is Cc1ccc(NC(=O)c2nc(SCc3ccc(F)cc3)ncc2Sc2ccccc2)cc1. The lowest BCUT2D eigenvalue weighted by Gasteiger charge is -2.11. The molecule has 7 heteroatoms. The van der Waals surface area contributed by atoms with Gasteiger partial charge in [0, 0.05) is 22.5 Å². The number of nitrogens with zero attached hydrogens (tertiary/aromatic N) is 2. The second-order valence-corrected chi connectivity index (χ2v) is 9.07. The molecule has 0 aliphatic heterocycles. The van der Waals surface area contributed by atoms with Crippen LogP contribution in [-0.4, -0.2) is 15.9 Å². The molecule has 4 rings (SSSR count). The van der Waals surface area contributed by atoms with Crippen molar-refractivity contribution < 1.29 is 9.18 Å². The predicted molar refractivity (Wildman–Crippen MR) is 128 cm³/mol. The molecule has 0 saturated heterocycles. The second kappa shape index (κ2) is 10.4. The Morgan fingerprint density at radius 3 is 2.41 bits per heavy atom. The molecule has 0 radical (unpaired) electrons. The van der Waals surface area contributed by atoms with Crippen LogP contribution in [-0.2, 0) is 5.75 Å². The van der Waals surface area contributed by atoms with Crippen LogP contribution in [0.2, 0.25) is 0 Å². The highest BCUT2D eigenvalue weighted by atomic mass is 32.2. The Hall–Kier alpha value is -3.16. The van der Waals surface area contributed by atoms with E-state index in [0.717, 1.165) is 16.0 Å². The zero-order valence-corrected chi connectivity index (χ0v) is 18.9. The Labute approximate surface area is 194 Å². The Morgan fingerprint density at radius 1 is 0.969 bits per heavy atom. The number of halogens is 1. The van der Waals surface area contributed by atoms with Crippen LogP contribution in [0.1, 0.15) is 21.6 Å². The fraction of sp³-hybridized carbons (Fsp3) is 0.0800. The predicted octanol–water partition coefficient (Wildman–Crippen LogP) is 6.62. The van der Waals surface area contributed by atoms with Crippen LogP contribution in [0.5, 0.6) is 0 Å². The summed E-state index contributed by atoms with van der Waals surface area (Å²) in [6, 6.07) is 23.7. The van der Waals surface area contributed by atoms with E-state index in [2.05, 4.69) is 15.3 Å². The minimum atomic E-state index is -0.293. The molecule has 1 amide bonds. The van der Waals surface area contributed by atoms with Gasteiger partial charge in [-0.05, 0) is 48.9 Å². The summed E-state index contributed by atoms with van der Waals surface area (Å²) in [5.74, 6) is 0.00969. The molecule has 1 aromatic heterocycles. The molecule has 32 heavy (non-hydrogen) atoms. The lowest BCUT2D eigenvalue weighted by molar-refractivity contribution is 0.101. The van der Waals surface area contributed by atoms with Crippen LogP contribution in [0.15, 0.2) is 100 Å². The molecule has 1 heterocycles. The maximum Gasteiger partial charge on any atom is 0.275 e. The third kappa shape index (κ3) is 5.96. The summed E-state index contributed by atoms with van der Waals surface area (Å²) in [7, 11) is 0. The van der Waals surface area contributed by atoms with Crippen molar-refractivity contribution in [2.45, 2.75) is 27.6 Å². The number of benzene rings is 3. The summed E-state index contributed by atoms with van der Waals surface area (Å²) in [6.45, 7) is 2.00. The quantitative estimate of drug-likeness (QED) is 0.248. The van der Waals surface area contributed by atoms with E-state index in [1.165, 1.54) is 35.7 Å². The topological polar surface area (TPSA) is 54.9 Å². The standard InChI is InChI=1S/C25H20FN3OS2/c1-17-7-13-20(14-8-17)28-24(30)23-22(32-21-5-3-2-4-6-21)15-27-25(29-23)31-16-18-9-11-19(26)12-10-18/h2-15H,16H2,1H3,(H,28,30). The number of aryl methyl sites for hydroxylation is 1. The fourth-order valence-corrected chi connectivity index (χ4v) is 4.49. The van der Waals surface area contributed by atoms with Crippen molar-refractivity contribution in [3.05, 3.63) is 108 Å². The molecule has 0 aliphatic carbocycles. The molecule has 0 saturated carbocycles. The van der Waals surface area contributed by atoms with Crippen molar-refractivity contribution >= 4 is 35.1 Å². The number of carbonyl (C=O) groups excluding carboxylic acids is 1. The van der Waals surface area contributed by atoms with Gasteiger partial charge in [0.05, 0.1) is 4.90 Å². The summed E-state index contributed by atoms with van der Waals surface area (Å²) in [6.07, 6.45) is 1.68. The van der Waals surface area contributed by atoms with E-state index < -0.39 is 0 Å². The lowest BCUT2D eigenvalue weighted by Crippen LogP contribution is -2.16. The Bertz CT molecular complexity index is 1200. The molecule has 0 unspecified atom stereocenters. The average molecular weight is 462 g/mol. The van der Waals surface area contributed by atoms with Gasteiger partial charge in [-0.2, -0.15) is 0 Å². The Balaban J connectivity index is 1.58. The Morgan fingerprint density at radius 2 is 1.69 bits per heavy atom. The number of thioether (sulfide) groups is 1. The first-order chi connectivity index (χ1) is 15.6. The van der Waals surface area contributed by atoms with Crippen LogP contribution in [0.4, 0.5) is 10.1 Å². The molecule has 0 atom stereocenters. The number of rotatable bonds is 7. The first-order valence-electron chi connectivity index (χ1n) is 9.92. The average Bonchev–Trinajstić information content (AvgIpc) is 2.81. The maximum atomic E-state index is 13.1. The van der Waals surface area contributed by atoms with Crippen molar-refractivity contribution in [1.29, 1.82) is 0 Å². The van der Waals surface area contributed by atoms with Gasteiger partial charge in [0.15, 0.2) is 5.16 Å². The number of anilines is 1. The molecular weight excluding hydrogens is 441 g/mol. The minimum absolute atomic E-state index is 0.271. The van der Waals surface area contributed by atoms with Crippen molar-refractivity contribution in [3.63, 3.8) is 0 Å². The van der Waals surface area contributed by atoms with Gasteiger partial charge in [0.2, 0.25) is 0 Å². The van der Waals surface area contributed by atoms with Gasteiger partial charge >= 0.3 is 0 Å². The molecule has 1 N–H and O–H groups in total. The van der Waals surface area contributed by atoms with E-state index in [9.17, 15) is 9.18 Å². The number of nitrogens with one attached hydrogen (secondary N) is 1. The highest BCUT2D eigenvalue weighted by molar-refractivity contribution is 7.99. The van der Waals surface area contributed by atoms with Gasteiger partial charge in [-0.25, -0.2) is 14.4 Å². The molecule has 4 nitrogen and oxygen atoms in total. The lowest BCUT2D eigenvalue weighted by atomic mass is 10.2. The van der Waals surface area contributed by atoms with Crippen LogP contribution >= 0.6 is 23.5 Å². The smallest absolute Gasteiger partial charge is 0.275 e. The zero-order chi connectivity index (χ0) is 22.3. The molecule has 0 aliphatic rings.